The second kappa shape index (κ2) is 6.31. The Hall–Kier alpha value is -0.900. The molecular weight excluding hydrogens is 278 g/mol. The van der Waals surface area contributed by atoms with Gasteiger partial charge < -0.3 is 10.0 Å². The molecule has 1 saturated carbocycles. The number of hydrogen-bond acceptors (Lipinski definition) is 3. The van der Waals surface area contributed by atoms with Gasteiger partial charge >= 0.3 is 0 Å². The van der Waals surface area contributed by atoms with Gasteiger partial charge in [0.15, 0.2) is 5.78 Å². The van der Waals surface area contributed by atoms with E-state index in [1.54, 1.807) is 0 Å². The molecule has 1 amide bonds. The topological polar surface area (TPSA) is 57.6 Å². The van der Waals surface area contributed by atoms with Crippen molar-refractivity contribution in [1.82, 2.24) is 4.90 Å². The molecule has 0 spiro atoms. The number of rotatable bonds is 5. The Labute approximate surface area is 134 Å². The Morgan fingerprint density at radius 3 is 2.41 bits per heavy atom. The van der Waals surface area contributed by atoms with Gasteiger partial charge in [-0.1, -0.05) is 39.5 Å². The maximum absolute atomic E-state index is 13.0. The molecular formula is C18H31NO3. The molecule has 2 fully saturated rings. The summed E-state index contributed by atoms with van der Waals surface area (Å²) in [6, 6.07) is 0. The highest BCUT2D eigenvalue weighted by atomic mass is 16.3. The van der Waals surface area contributed by atoms with Crippen molar-refractivity contribution in [3.05, 3.63) is 0 Å². The van der Waals surface area contributed by atoms with E-state index in [1.165, 1.54) is 0 Å². The number of unbranched alkanes of at least 4 members (excludes halogenated alkanes) is 1. The van der Waals surface area contributed by atoms with Crippen molar-refractivity contribution in [3.63, 3.8) is 0 Å². The Balaban J connectivity index is 2.23. The molecule has 1 heterocycles. The number of amides is 1. The van der Waals surface area contributed by atoms with E-state index in [-0.39, 0.29) is 23.1 Å². The minimum Gasteiger partial charge on any atom is -0.382 e. The summed E-state index contributed by atoms with van der Waals surface area (Å²) < 4.78 is 0. The van der Waals surface area contributed by atoms with Crippen LogP contribution in [0.2, 0.25) is 0 Å². The molecule has 2 rings (SSSR count). The summed E-state index contributed by atoms with van der Waals surface area (Å²) in [5.41, 5.74) is -1.60. The first-order valence-corrected chi connectivity index (χ1v) is 8.84. The quantitative estimate of drug-likeness (QED) is 0.794. The Morgan fingerprint density at radius 1 is 1.27 bits per heavy atom. The van der Waals surface area contributed by atoms with Crippen molar-refractivity contribution in [2.45, 2.75) is 83.8 Å². The first-order chi connectivity index (χ1) is 10.3. The van der Waals surface area contributed by atoms with Crippen LogP contribution in [0, 0.1) is 11.8 Å². The molecule has 2 atom stereocenters. The molecule has 0 unspecified atom stereocenters. The lowest BCUT2D eigenvalue weighted by molar-refractivity contribution is -0.151. The van der Waals surface area contributed by atoms with Crippen molar-refractivity contribution in [2.75, 3.05) is 6.54 Å². The van der Waals surface area contributed by atoms with Gasteiger partial charge in [-0.25, -0.2) is 0 Å². The van der Waals surface area contributed by atoms with Gasteiger partial charge in [0.1, 0.15) is 11.5 Å². The highest BCUT2D eigenvalue weighted by Gasteiger charge is 2.57. The summed E-state index contributed by atoms with van der Waals surface area (Å²) in [5, 5.41) is 10.7. The van der Waals surface area contributed by atoms with E-state index in [2.05, 4.69) is 6.92 Å². The van der Waals surface area contributed by atoms with Gasteiger partial charge in [0, 0.05) is 12.1 Å². The number of ketones is 1. The van der Waals surface area contributed by atoms with Crippen LogP contribution in [0.15, 0.2) is 0 Å². The van der Waals surface area contributed by atoms with Crippen molar-refractivity contribution in [1.29, 1.82) is 0 Å². The number of hydrogen-bond donors (Lipinski definition) is 1. The highest BCUT2D eigenvalue weighted by molar-refractivity contribution is 6.07. The van der Waals surface area contributed by atoms with E-state index in [0.29, 0.717) is 19.4 Å². The third kappa shape index (κ3) is 2.82. The average Bonchev–Trinajstić information content (AvgIpc) is 2.64. The molecule has 1 aliphatic heterocycles. The molecule has 0 aromatic carbocycles. The van der Waals surface area contributed by atoms with Crippen LogP contribution in [0.1, 0.15) is 72.6 Å². The van der Waals surface area contributed by atoms with Gasteiger partial charge in [0.25, 0.3) is 0 Å². The fraction of sp³-hybridized carbons (Fsp3) is 0.889. The molecule has 2 aliphatic rings. The van der Waals surface area contributed by atoms with Crippen LogP contribution < -0.4 is 0 Å². The zero-order chi connectivity index (χ0) is 16.5. The lowest BCUT2D eigenvalue weighted by Gasteiger charge is -2.35. The molecule has 4 heteroatoms. The van der Waals surface area contributed by atoms with E-state index < -0.39 is 11.5 Å². The normalized spacial score (nSPS) is 30.6. The van der Waals surface area contributed by atoms with Gasteiger partial charge in [0.2, 0.25) is 5.91 Å². The maximum atomic E-state index is 13.0. The third-order valence-electron chi connectivity index (χ3n) is 6.00. The molecule has 0 aromatic heterocycles. The van der Waals surface area contributed by atoms with E-state index in [1.807, 2.05) is 25.7 Å². The largest absolute Gasteiger partial charge is 0.382 e. The number of Topliss-reactive ketones (excluding diaryl/α,β-unsaturated/α-hetero) is 1. The lowest BCUT2D eigenvalue weighted by Crippen LogP contribution is -2.47. The van der Waals surface area contributed by atoms with E-state index in [4.69, 9.17) is 0 Å². The smallest absolute Gasteiger partial charge is 0.234 e. The molecule has 22 heavy (non-hydrogen) atoms. The summed E-state index contributed by atoms with van der Waals surface area (Å²) in [5.74, 6) is -1.03. The second-order valence-corrected chi connectivity index (χ2v) is 7.72. The molecule has 4 nitrogen and oxygen atoms in total. The van der Waals surface area contributed by atoms with E-state index in [9.17, 15) is 14.7 Å². The van der Waals surface area contributed by atoms with Crippen LogP contribution in [0.25, 0.3) is 0 Å². The van der Waals surface area contributed by atoms with Gasteiger partial charge in [-0.3, -0.25) is 9.59 Å². The molecule has 1 aliphatic carbocycles. The minimum atomic E-state index is -1.27. The summed E-state index contributed by atoms with van der Waals surface area (Å²) in [6.45, 7) is 8.88. The van der Waals surface area contributed by atoms with Crippen LogP contribution in [0.5, 0.6) is 0 Å². The van der Waals surface area contributed by atoms with Crippen LogP contribution in [-0.2, 0) is 9.59 Å². The number of likely N-dealkylation sites (tertiary alicyclic amines) is 1. The number of carbonyl (C=O) groups is 2. The second-order valence-electron chi connectivity index (χ2n) is 7.72. The number of aliphatic hydroxyl groups is 1. The minimum absolute atomic E-state index is 0.0599. The monoisotopic (exact) mass is 309 g/mol. The van der Waals surface area contributed by atoms with E-state index in [0.717, 1.165) is 32.1 Å². The van der Waals surface area contributed by atoms with Crippen LogP contribution in [-0.4, -0.2) is 39.4 Å². The van der Waals surface area contributed by atoms with Crippen LogP contribution in [0.3, 0.4) is 0 Å². The average molecular weight is 309 g/mol. The highest BCUT2D eigenvalue weighted by Crippen LogP contribution is 2.43. The van der Waals surface area contributed by atoms with Crippen LogP contribution >= 0.6 is 0 Å². The van der Waals surface area contributed by atoms with E-state index >= 15 is 0 Å². The molecule has 1 saturated heterocycles. The standard InChI is InChI=1S/C18H31NO3/c1-5-6-12-19-16(21)14(13(2)17(19,3)4)15(20)18(22)10-8-7-9-11-18/h13-14,22H,5-12H2,1-4H3/t13-,14+/m1/s1. The molecule has 1 N–H and O–H groups in total. The molecule has 0 radical (unpaired) electrons. The van der Waals surface area contributed by atoms with Gasteiger partial charge in [-0.2, -0.15) is 0 Å². The first-order valence-electron chi connectivity index (χ1n) is 8.84. The lowest BCUT2D eigenvalue weighted by atomic mass is 9.72. The zero-order valence-corrected chi connectivity index (χ0v) is 14.5. The van der Waals surface area contributed by atoms with Gasteiger partial charge in [-0.05, 0) is 39.0 Å². The number of nitrogens with zero attached hydrogens (tertiary/aromatic N) is 1. The van der Waals surface area contributed by atoms with Crippen molar-refractivity contribution >= 4 is 11.7 Å². The first kappa shape index (κ1) is 17.5. The SMILES string of the molecule is CCCCN1C(=O)[C@H](C(=O)C2(O)CCCCC2)[C@@H](C)C1(C)C. The van der Waals surface area contributed by atoms with Gasteiger partial charge in [0.05, 0.1) is 0 Å². The predicted molar refractivity (Wildman–Crippen MR) is 86.4 cm³/mol. The van der Waals surface area contributed by atoms with Crippen LogP contribution in [0.4, 0.5) is 0 Å². The Kier molecular flexibility index (Phi) is 5.00. The summed E-state index contributed by atoms with van der Waals surface area (Å²) >= 11 is 0. The summed E-state index contributed by atoms with van der Waals surface area (Å²) in [4.78, 5) is 27.7. The predicted octanol–water partition coefficient (Wildman–Crippen LogP) is 2.92. The summed E-state index contributed by atoms with van der Waals surface area (Å²) in [6.07, 6.45) is 5.82. The van der Waals surface area contributed by atoms with Crippen molar-refractivity contribution < 1.29 is 14.7 Å². The maximum Gasteiger partial charge on any atom is 0.234 e. The third-order valence-corrected chi connectivity index (χ3v) is 6.00. The Morgan fingerprint density at radius 2 is 1.86 bits per heavy atom. The zero-order valence-electron chi connectivity index (χ0n) is 14.5. The Bertz CT molecular complexity index is 438. The van der Waals surface area contributed by atoms with Gasteiger partial charge in [-0.15, -0.1) is 0 Å². The molecule has 0 aromatic rings. The fourth-order valence-electron chi connectivity index (χ4n) is 4.05. The van der Waals surface area contributed by atoms with Crippen molar-refractivity contribution in [2.24, 2.45) is 11.8 Å². The molecule has 0 bridgehead atoms. The fourth-order valence-corrected chi connectivity index (χ4v) is 4.05. The molecule has 126 valence electrons. The summed E-state index contributed by atoms with van der Waals surface area (Å²) in [7, 11) is 0. The van der Waals surface area contributed by atoms with Crippen molar-refractivity contribution in [3.8, 4) is 0 Å². The number of carbonyl (C=O) groups excluding carboxylic acids is 2.